The normalized spacial score (nSPS) is 21.6. The average Bonchev–Trinajstić information content (AvgIpc) is 2.87. The number of rotatable bonds is 2. The second kappa shape index (κ2) is 6.78. The Kier molecular flexibility index (Phi) is 6.08. The van der Waals surface area contributed by atoms with Crippen molar-refractivity contribution < 1.29 is 48.0 Å². The van der Waals surface area contributed by atoms with Crippen LogP contribution in [0.5, 0.6) is 0 Å². The molecule has 1 atom stereocenters. The van der Waals surface area contributed by atoms with Crippen LogP contribution in [0.4, 0.5) is 0 Å². The molecule has 0 saturated heterocycles. The Hall–Kier alpha value is -0.0969. The number of fused-ring (bicyclic) bond motifs is 1. The molecule has 0 amide bonds. The molecule has 104 valence electrons. The van der Waals surface area contributed by atoms with Crippen LogP contribution in [0.1, 0.15) is 35.6 Å². The van der Waals surface area contributed by atoms with Crippen LogP contribution in [0.15, 0.2) is 39.7 Å². The van der Waals surface area contributed by atoms with E-state index in [4.69, 9.17) is 0 Å². The zero-order valence-corrected chi connectivity index (χ0v) is 16.0. The molecule has 0 heterocycles. The molecule has 3 rings (SSSR count). The first kappa shape index (κ1) is 18.0. The van der Waals surface area contributed by atoms with Crippen molar-refractivity contribution in [2.75, 3.05) is 0 Å². The quantitative estimate of drug-likeness (QED) is 0.581. The van der Waals surface area contributed by atoms with Gasteiger partial charge in [0.1, 0.15) is 0 Å². The van der Waals surface area contributed by atoms with Gasteiger partial charge in [0.15, 0.2) is 0 Å². The van der Waals surface area contributed by atoms with Gasteiger partial charge in [0.25, 0.3) is 0 Å². The molecule has 0 radical (unpaired) electrons. The molecule has 0 aromatic heterocycles. The first-order valence-electron chi connectivity index (χ1n) is 6.53. The summed E-state index contributed by atoms with van der Waals surface area (Å²) in [6.07, 6.45) is 12.9. The molecule has 0 spiro atoms. The van der Waals surface area contributed by atoms with E-state index in [2.05, 4.69) is 63.3 Å². The third kappa shape index (κ3) is 3.21. The average molecular weight is 384 g/mol. The van der Waals surface area contributed by atoms with Crippen LogP contribution in [0.3, 0.4) is 0 Å². The van der Waals surface area contributed by atoms with Gasteiger partial charge in [0.05, 0.1) is 0 Å². The third-order valence-electron chi connectivity index (χ3n) is 3.82. The number of allylic oxidation sites excluding steroid dienone is 5. The molecule has 1 aromatic carbocycles. The van der Waals surface area contributed by atoms with E-state index in [1.165, 1.54) is 23.1 Å². The van der Waals surface area contributed by atoms with Crippen LogP contribution < -0.4 is 24.8 Å². The second-order valence-corrected chi connectivity index (χ2v) is 10.3. The number of halogens is 2. The van der Waals surface area contributed by atoms with Crippen molar-refractivity contribution in [2.45, 2.75) is 30.3 Å². The number of benzene rings is 1. The first-order valence-corrected chi connectivity index (χ1v) is 8.99. The summed E-state index contributed by atoms with van der Waals surface area (Å²) in [5, 5.41) is 0. The molecule has 0 N–H and O–H groups in total. The molecule has 20 heavy (non-hydrogen) atoms. The van der Waals surface area contributed by atoms with Crippen LogP contribution in [0.2, 0.25) is 0 Å². The summed E-state index contributed by atoms with van der Waals surface area (Å²) in [7, 11) is 0. The van der Waals surface area contributed by atoms with Crippen LogP contribution in [-0.2, 0) is 26.4 Å². The van der Waals surface area contributed by atoms with E-state index in [1.807, 2.05) is 0 Å². The summed E-state index contributed by atoms with van der Waals surface area (Å²) >= 11 is -0.578. The molecule has 0 bridgehead atoms. The molecule has 0 saturated carbocycles. The van der Waals surface area contributed by atoms with Gasteiger partial charge in [0, 0.05) is 0 Å². The van der Waals surface area contributed by atoms with Crippen molar-refractivity contribution in [3.63, 3.8) is 0 Å². The van der Waals surface area contributed by atoms with E-state index >= 15 is 0 Å². The van der Waals surface area contributed by atoms with E-state index in [0.717, 1.165) is 0 Å². The first-order chi connectivity index (χ1) is 8.58. The molecule has 0 fully saturated rings. The molecule has 1 unspecified atom stereocenters. The zero-order chi connectivity index (χ0) is 12.8. The molecule has 3 heteroatoms. The van der Waals surface area contributed by atoms with Crippen LogP contribution in [0, 0.1) is 13.8 Å². The number of hydrogen-bond donors (Lipinski definition) is 0. The Labute approximate surface area is 145 Å². The van der Waals surface area contributed by atoms with E-state index in [9.17, 15) is 0 Å². The summed E-state index contributed by atoms with van der Waals surface area (Å²) in [6.45, 7) is 6.92. The molecule has 1 aromatic rings. The summed E-state index contributed by atoms with van der Waals surface area (Å²) in [6, 6.07) is 4.68. The van der Waals surface area contributed by atoms with Crippen LogP contribution >= 0.6 is 0 Å². The van der Waals surface area contributed by atoms with Gasteiger partial charge in [-0.15, -0.1) is 0 Å². The summed E-state index contributed by atoms with van der Waals surface area (Å²) < 4.78 is 2.08. The van der Waals surface area contributed by atoms with E-state index in [0.29, 0.717) is 3.12 Å². The van der Waals surface area contributed by atoms with Crippen molar-refractivity contribution in [3.05, 3.63) is 62.0 Å². The molecule has 0 aliphatic heterocycles. The van der Waals surface area contributed by atoms with Crippen molar-refractivity contribution in [1.29, 1.82) is 0 Å². The minimum Gasteiger partial charge on any atom is -1.00 e. The van der Waals surface area contributed by atoms with E-state index in [-0.39, 0.29) is 24.8 Å². The van der Waals surface area contributed by atoms with Crippen molar-refractivity contribution in [3.8, 4) is 0 Å². The summed E-state index contributed by atoms with van der Waals surface area (Å²) in [5.41, 5.74) is 5.92. The number of aryl methyl sites for hydroxylation is 2. The molecule has 2 aliphatic rings. The summed E-state index contributed by atoms with van der Waals surface area (Å²) in [5.74, 6) is 0. The van der Waals surface area contributed by atoms with Gasteiger partial charge >= 0.3 is 122 Å². The zero-order valence-electron chi connectivity index (χ0n) is 12.0. The van der Waals surface area contributed by atoms with Crippen LogP contribution in [-0.4, -0.2) is 0 Å². The Morgan fingerprint density at radius 3 is 2.55 bits per heavy atom. The minimum absolute atomic E-state index is 0. The Morgan fingerprint density at radius 1 is 1.15 bits per heavy atom. The predicted molar refractivity (Wildman–Crippen MR) is 74.1 cm³/mol. The standard InChI is InChI=1S/C12H13.C5H5.2ClH.Zr/c1-8-6-10(3)12-9(2)4-5-11(12)7-8;1-2-4-5-3-1;;;/h4-7H,1-3H3;1-3H,4H2;2*1H;/q;;;;+2/p-2. The molecular weight excluding hydrogens is 366 g/mol. The fourth-order valence-corrected chi connectivity index (χ4v) is 7.34. The van der Waals surface area contributed by atoms with E-state index < -0.39 is 23.2 Å². The Morgan fingerprint density at radius 2 is 1.90 bits per heavy atom. The van der Waals surface area contributed by atoms with Gasteiger partial charge in [-0.2, -0.15) is 0 Å². The maximum atomic E-state index is 2.47. The fraction of sp³-hybridized carbons (Fsp3) is 0.294. The number of hydrogen-bond acceptors (Lipinski definition) is 0. The topological polar surface area (TPSA) is 0 Å². The van der Waals surface area contributed by atoms with Gasteiger partial charge in [0.2, 0.25) is 0 Å². The fourth-order valence-electron chi connectivity index (χ4n) is 3.16. The van der Waals surface area contributed by atoms with Crippen molar-refractivity contribution in [2.24, 2.45) is 0 Å². The molecular formula is C17H18Cl2Zr. The van der Waals surface area contributed by atoms with Gasteiger partial charge in [-0.3, -0.25) is 0 Å². The Bertz CT molecular complexity index is 599. The minimum atomic E-state index is -0.578. The SMILES string of the molecule is Cc1cc(C)c2c(c1)C=C[C]2(C)[Zr+2][C]1=CC=CC1.[Cl-].[Cl-]. The summed E-state index contributed by atoms with van der Waals surface area (Å²) in [4.78, 5) is 0. The van der Waals surface area contributed by atoms with Crippen molar-refractivity contribution in [1.82, 2.24) is 0 Å². The maximum absolute atomic E-state index is 2.47. The molecule has 0 nitrogen and oxygen atoms in total. The Balaban J connectivity index is 0.000001000. The second-order valence-electron chi connectivity index (χ2n) is 5.53. The van der Waals surface area contributed by atoms with Gasteiger partial charge < -0.3 is 24.8 Å². The van der Waals surface area contributed by atoms with Gasteiger partial charge in [-0.25, -0.2) is 0 Å². The van der Waals surface area contributed by atoms with Crippen LogP contribution in [0.25, 0.3) is 6.08 Å². The van der Waals surface area contributed by atoms with Gasteiger partial charge in [-0.05, 0) is 0 Å². The molecule has 2 aliphatic carbocycles. The van der Waals surface area contributed by atoms with E-state index in [1.54, 1.807) is 8.84 Å². The maximum Gasteiger partial charge on any atom is -1.00 e. The largest absolute Gasteiger partial charge is 1.00 e. The van der Waals surface area contributed by atoms with Crippen molar-refractivity contribution >= 4 is 6.08 Å². The third-order valence-corrected chi connectivity index (χ3v) is 7.82. The monoisotopic (exact) mass is 382 g/mol. The predicted octanol–water partition coefficient (Wildman–Crippen LogP) is -1.52. The van der Waals surface area contributed by atoms with Gasteiger partial charge in [-0.1, -0.05) is 0 Å². The smallest absolute Gasteiger partial charge is 1.00 e.